The molecule has 2 aromatic rings. The number of hydroxylamine groups is 1. The number of fused-ring (bicyclic) bond motifs is 1. The molecule has 0 radical (unpaired) electrons. The second-order valence-corrected chi connectivity index (χ2v) is 5.57. The average molecular weight is 342 g/mol. The Bertz CT molecular complexity index is 806. The number of ether oxygens (including phenoxy) is 2. The van der Waals surface area contributed by atoms with Gasteiger partial charge in [0, 0.05) is 23.2 Å². The molecular formula is C18H18N2O5. The molecule has 0 atom stereocenters. The SMILES string of the molecule is COc1cccc(C(=O)N2CCOc3cc(C(=O)NO)ccc3C2)c1. The van der Waals surface area contributed by atoms with Gasteiger partial charge in [0.25, 0.3) is 11.8 Å². The minimum atomic E-state index is -0.611. The van der Waals surface area contributed by atoms with Crippen molar-refractivity contribution in [2.75, 3.05) is 20.3 Å². The van der Waals surface area contributed by atoms with Crippen molar-refractivity contribution in [3.63, 3.8) is 0 Å². The number of nitrogens with one attached hydrogen (secondary N) is 1. The maximum atomic E-state index is 12.8. The van der Waals surface area contributed by atoms with Gasteiger partial charge in [0.05, 0.1) is 13.7 Å². The number of benzene rings is 2. The van der Waals surface area contributed by atoms with Crippen LogP contribution in [0.2, 0.25) is 0 Å². The van der Waals surface area contributed by atoms with E-state index in [1.54, 1.807) is 60.0 Å². The van der Waals surface area contributed by atoms with Gasteiger partial charge in [0.15, 0.2) is 0 Å². The van der Waals surface area contributed by atoms with Gasteiger partial charge >= 0.3 is 0 Å². The highest BCUT2D eigenvalue weighted by Gasteiger charge is 2.22. The molecular weight excluding hydrogens is 324 g/mol. The quantitative estimate of drug-likeness (QED) is 0.656. The molecule has 1 heterocycles. The zero-order chi connectivity index (χ0) is 17.8. The number of carbonyl (C=O) groups excluding carboxylic acids is 2. The fourth-order valence-corrected chi connectivity index (χ4v) is 2.69. The zero-order valence-corrected chi connectivity index (χ0v) is 13.7. The number of rotatable bonds is 3. The summed E-state index contributed by atoms with van der Waals surface area (Å²) in [7, 11) is 1.56. The Hall–Kier alpha value is -3.06. The van der Waals surface area contributed by atoms with E-state index < -0.39 is 5.91 Å². The number of hydrogen-bond acceptors (Lipinski definition) is 5. The van der Waals surface area contributed by atoms with E-state index >= 15 is 0 Å². The molecule has 0 saturated carbocycles. The third-order valence-electron chi connectivity index (χ3n) is 4.01. The minimum Gasteiger partial charge on any atom is -0.497 e. The lowest BCUT2D eigenvalue weighted by Crippen LogP contribution is -2.32. The van der Waals surface area contributed by atoms with E-state index in [0.717, 1.165) is 5.56 Å². The van der Waals surface area contributed by atoms with E-state index in [-0.39, 0.29) is 11.5 Å². The molecule has 0 bridgehead atoms. The van der Waals surface area contributed by atoms with E-state index in [2.05, 4.69) is 0 Å². The van der Waals surface area contributed by atoms with Gasteiger partial charge in [-0.3, -0.25) is 14.8 Å². The predicted octanol–water partition coefficient (Wildman–Crippen LogP) is 1.85. The summed E-state index contributed by atoms with van der Waals surface area (Å²) in [5, 5.41) is 8.73. The van der Waals surface area contributed by atoms with Gasteiger partial charge in [-0.2, -0.15) is 0 Å². The summed E-state index contributed by atoms with van der Waals surface area (Å²) in [5.74, 6) is 0.423. The van der Waals surface area contributed by atoms with Crippen molar-refractivity contribution in [3.8, 4) is 11.5 Å². The van der Waals surface area contributed by atoms with Gasteiger partial charge in [0.1, 0.15) is 18.1 Å². The monoisotopic (exact) mass is 342 g/mol. The minimum absolute atomic E-state index is 0.118. The molecule has 2 amide bonds. The van der Waals surface area contributed by atoms with Crippen LogP contribution in [-0.4, -0.2) is 42.2 Å². The van der Waals surface area contributed by atoms with Crippen molar-refractivity contribution >= 4 is 11.8 Å². The van der Waals surface area contributed by atoms with Gasteiger partial charge < -0.3 is 14.4 Å². The van der Waals surface area contributed by atoms with Crippen LogP contribution in [0.25, 0.3) is 0 Å². The fourth-order valence-electron chi connectivity index (χ4n) is 2.69. The Labute approximate surface area is 144 Å². The van der Waals surface area contributed by atoms with Crippen molar-refractivity contribution in [3.05, 3.63) is 59.2 Å². The second kappa shape index (κ2) is 7.23. The lowest BCUT2D eigenvalue weighted by atomic mass is 10.1. The molecule has 0 unspecified atom stereocenters. The second-order valence-electron chi connectivity index (χ2n) is 5.57. The first-order chi connectivity index (χ1) is 12.1. The van der Waals surface area contributed by atoms with Gasteiger partial charge in [-0.1, -0.05) is 12.1 Å². The van der Waals surface area contributed by atoms with Crippen molar-refractivity contribution in [1.82, 2.24) is 10.4 Å². The first-order valence-electron chi connectivity index (χ1n) is 7.76. The van der Waals surface area contributed by atoms with Crippen LogP contribution in [0.4, 0.5) is 0 Å². The third kappa shape index (κ3) is 3.56. The largest absolute Gasteiger partial charge is 0.497 e. The number of amides is 2. The van der Waals surface area contributed by atoms with Crippen LogP contribution in [-0.2, 0) is 6.54 Å². The van der Waals surface area contributed by atoms with Crippen molar-refractivity contribution < 1.29 is 24.3 Å². The summed E-state index contributed by atoms with van der Waals surface area (Å²) in [6.07, 6.45) is 0. The zero-order valence-electron chi connectivity index (χ0n) is 13.7. The van der Waals surface area contributed by atoms with Gasteiger partial charge in [0.2, 0.25) is 0 Å². The summed E-state index contributed by atoms with van der Waals surface area (Å²) >= 11 is 0. The molecule has 7 nitrogen and oxygen atoms in total. The molecule has 0 saturated heterocycles. The van der Waals surface area contributed by atoms with Crippen LogP contribution >= 0.6 is 0 Å². The highest BCUT2D eigenvalue weighted by Crippen LogP contribution is 2.26. The molecule has 130 valence electrons. The maximum Gasteiger partial charge on any atom is 0.274 e. The van der Waals surface area contributed by atoms with Crippen LogP contribution in [0.15, 0.2) is 42.5 Å². The normalized spacial score (nSPS) is 13.3. The van der Waals surface area contributed by atoms with E-state index in [4.69, 9.17) is 14.7 Å². The van der Waals surface area contributed by atoms with Crippen LogP contribution in [0, 0.1) is 0 Å². The topological polar surface area (TPSA) is 88.1 Å². The number of methoxy groups -OCH3 is 1. The third-order valence-corrected chi connectivity index (χ3v) is 4.01. The molecule has 0 aliphatic carbocycles. The maximum absolute atomic E-state index is 12.8. The number of hydrogen-bond donors (Lipinski definition) is 2. The fraction of sp³-hybridized carbons (Fsp3) is 0.222. The molecule has 1 aliphatic rings. The van der Waals surface area contributed by atoms with E-state index in [0.29, 0.717) is 36.8 Å². The average Bonchev–Trinajstić information content (AvgIpc) is 2.88. The van der Waals surface area contributed by atoms with Crippen LogP contribution in [0.3, 0.4) is 0 Å². The van der Waals surface area contributed by atoms with Crippen LogP contribution in [0.5, 0.6) is 11.5 Å². The highest BCUT2D eigenvalue weighted by molar-refractivity contribution is 5.95. The molecule has 0 spiro atoms. The first kappa shape index (κ1) is 16.8. The summed E-state index contributed by atoms with van der Waals surface area (Å²) in [4.78, 5) is 26.0. The van der Waals surface area contributed by atoms with Gasteiger partial charge in [-0.15, -0.1) is 0 Å². The van der Waals surface area contributed by atoms with E-state index in [9.17, 15) is 9.59 Å². The molecule has 25 heavy (non-hydrogen) atoms. The Kier molecular flexibility index (Phi) is 4.85. The Morgan fingerprint density at radius 2 is 2.04 bits per heavy atom. The van der Waals surface area contributed by atoms with E-state index in [1.165, 1.54) is 0 Å². The lowest BCUT2D eigenvalue weighted by Gasteiger charge is -2.20. The van der Waals surface area contributed by atoms with Crippen LogP contribution < -0.4 is 15.0 Å². The molecule has 2 N–H and O–H groups in total. The number of nitrogens with zero attached hydrogens (tertiary/aromatic N) is 1. The predicted molar refractivity (Wildman–Crippen MR) is 88.9 cm³/mol. The first-order valence-corrected chi connectivity index (χ1v) is 7.76. The van der Waals surface area contributed by atoms with Crippen molar-refractivity contribution in [1.29, 1.82) is 0 Å². The highest BCUT2D eigenvalue weighted by atomic mass is 16.5. The Morgan fingerprint density at radius 1 is 1.20 bits per heavy atom. The molecule has 2 aromatic carbocycles. The van der Waals surface area contributed by atoms with E-state index in [1.807, 2.05) is 0 Å². The summed E-state index contributed by atoms with van der Waals surface area (Å²) in [6, 6.07) is 11.8. The summed E-state index contributed by atoms with van der Waals surface area (Å²) in [6.45, 7) is 1.10. The lowest BCUT2D eigenvalue weighted by molar-refractivity contribution is 0.0705. The summed E-state index contributed by atoms with van der Waals surface area (Å²) < 4.78 is 10.8. The van der Waals surface area contributed by atoms with Crippen molar-refractivity contribution in [2.24, 2.45) is 0 Å². The molecule has 7 heteroatoms. The number of carbonyl (C=O) groups is 2. The summed E-state index contributed by atoms with van der Waals surface area (Å²) in [5.41, 5.74) is 3.21. The van der Waals surface area contributed by atoms with Crippen molar-refractivity contribution in [2.45, 2.75) is 6.54 Å². The Balaban J connectivity index is 1.83. The molecule has 0 fully saturated rings. The van der Waals surface area contributed by atoms with Gasteiger partial charge in [-0.25, -0.2) is 5.48 Å². The molecule has 3 rings (SSSR count). The standard InChI is InChI=1S/C18H18N2O5/c1-24-15-4-2-3-13(9-15)18(22)20-7-8-25-16-10-12(17(21)19-23)5-6-14(16)11-20/h2-6,9-10,23H,7-8,11H2,1H3,(H,19,21). The van der Waals surface area contributed by atoms with Crippen LogP contribution in [0.1, 0.15) is 26.3 Å². The smallest absolute Gasteiger partial charge is 0.274 e. The van der Waals surface area contributed by atoms with Gasteiger partial charge in [-0.05, 0) is 30.3 Å². The Morgan fingerprint density at radius 3 is 2.80 bits per heavy atom. The molecule has 1 aliphatic heterocycles. The molecule has 0 aromatic heterocycles.